The Morgan fingerprint density at radius 3 is 2.34 bits per heavy atom. The van der Waals surface area contributed by atoms with Gasteiger partial charge in [-0.25, -0.2) is 4.79 Å². The van der Waals surface area contributed by atoms with Gasteiger partial charge in [-0.15, -0.1) is 0 Å². The Kier molecular flexibility index (Phi) is 8.68. The molecule has 1 aromatic rings. The molecule has 2 amide bonds. The van der Waals surface area contributed by atoms with Gasteiger partial charge >= 0.3 is 5.97 Å². The molecule has 160 valence electrons. The molecule has 0 aromatic heterocycles. The minimum Gasteiger partial charge on any atom is -0.508 e. The maximum atomic E-state index is 12.5. The third-order valence-electron chi connectivity index (χ3n) is 3.84. The third-order valence-corrected chi connectivity index (χ3v) is 3.84. The number of nitrogens with zero attached hydrogens (tertiary/aromatic N) is 1. The van der Waals surface area contributed by atoms with E-state index in [1.165, 1.54) is 13.0 Å². The highest BCUT2D eigenvalue weighted by molar-refractivity contribution is 6.00. The summed E-state index contributed by atoms with van der Waals surface area (Å²) in [5, 5.41) is 42.3. The fourth-order valence-corrected chi connectivity index (χ4v) is 2.36. The summed E-state index contributed by atoms with van der Waals surface area (Å²) in [6.45, 7) is 1.35. The van der Waals surface area contributed by atoms with Crippen LogP contribution >= 0.6 is 0 Å². The van der Waals surface area contributed by atoms with Crippen LogP contribution in [-0.4, -0.2) is 68.9 Å². The van der Waals surface area contributed by atoms with E-state index in [-0.39, 0.29) is 36.7 Å². The van der Waals surface area contributed by atoms with Crippen LogP contribution in [0.15, 0.2) is 23.2 Å². The van der Waals surface area contributed by atoms with Gasteiger partial charge < -0.3 is 42.5 Å². The Labute approximate surface area is 166 Å². The van der Waals surface area contributed by atoms with Crippen molar-refractivity contribution in [3.63, 3.8) is 0 Å². The van der Waals surface area contributed by atoms with Crippen molar-refractivity contribution in [1.29, 1.82) is 0 Å². The lowest BCUT2D eigenvalue weighted by Gasteiger charge is -2.23. The summed E-state index contributed by atoms with van der Waals surface area (Å²) in [7, 11) is 0. The summed E-state index contributed by atoms with van der Waals surface area (Å²) in [6, 6.07) is 0.504. The number of phenols is 2. The van der Waals surface area contributed by atoms with Crippen molar-refractivity contribution in [3.8, 4) is 11.5 Å². The first-order chi connectivity index (χ1) is 13.5. The average Bonchev–Trinajstić information content (AvgIpc) is 2.60. The molecule has 12 heteroatoms. The minimum atomic E-state index is -1.58. The van der Waals surface area contributed by atoms with Gasteiger partial charge in [-0.05, 0) is 31.9 Å². The second-order valence-electron chi connectivity index (χ2n) is 6.24. The van der Waals surface area contributed by atoms with Gasteiger partial charge in [-0.3, -0.25) is 14.6 Å². The average molecular weight is 411 g/mol. The zero-order valence-electron chi connectivity index (χ0n) is 15.7. The molecule has 0 unspecified atom stereocenters. The highest BCUT2D eigenvalue weighted by Gasteiger charge is 2.29. The number of carboxylic acid groups (broad SMARTS) is 1. The summed E-state index contributed by atoms with van der Waals surface area (Å²) in [4.78, 5) is 39.9. The monoisotopic (exact) mass is 411 g/mol. The van der Waals surface area contributed by atoms with Crippen molar-refractivity contribution >= 4 is 23.7 Å². The molecule has 3 atom stereocenters. The molecular formula is C17H25N5O7. The van der Waals surface area contributed by atoms with E-state index < -0.39 is 41.7 Å². The summed E-state index contributed by atoms with van der Waals surface area (Å²) < 4.78 is 0. The number of amides is 2. The van der Waals surface area contributed by atoms with Crippen molar-refractivity contribution in [2.45, 2.75) is 38.0 Å². The number of aliphatic hydroxyl groups excluding tert-OH is 1. The summed E-state index contributed by atoms with van der Waals surface area (Å²) in [6.07, 6.45) is -1.07. The number of rotatable bonds is 10. The van der Waals surface area contributed by atoms with Gasteiger partial charge in [-0.2, -0.15) is 0 Å². The van der Waals surface area contributed by atoms with Crippen molar-refractivity contribution < 1.29 is 34.8 Å². The molecule has 0 bridgehead atoms. The number of aliphatic hydroxyl groups is 1. The second kappa shape index (κ2) is 10.7. The van der Waals surface area contributed by atoms with Crippen LogP contribution in [0.1, 0.15) is 30.1 Å². The van der Waals surface area contributed by atoms with Crippen LogP contribution in [0.2, 0.25) is 0 Å². The zero-order chi connectivity index (χ0) is 22.1. The minimum absolute atomic E-state index is 0.0410. The molecule has 0 saturated carbocycles. The molecule has 1 aromatic carbocycles. The molecule has 0 heterocycles. The molecule has 10 N–H and O–H groups in total. The van der Waals surface area contributed by atoms with Gasteiger partial charge in [-0.1, -0.05) is 0 Å². The second-order valence-corrected chi connectivity index (χ2v) is 6.24. The van der Waals surface area contributed by atoms with Crippen molar-refractivity contribution in [1.82, 2.24) is 10.6 Å². The van der Waals surface area contributed by atoms with Gasteiger partial charge in [0.05, 0.1) is 11.7 Å². The number of hydrogen-bond acceptors (Lipinski definition) is 7. The topological polar surface area (TPSA) is 221 Å². The quantitative estimate of drug-likeness (QED) is 0.123. The Hall–Kier alpha value is -3.54. The molecule has 0 radical (unpaired) electrons. The lowest BCUT2D eigenvalue weighted by atomic mass is 10.1. The van der Waals surface area contributed by atoms with E-state index in [4.69, 9.17) is 16.6 Å². The lowest BCUT2D eigenvalue weighted by molar-refractivity contribution is -0.145. The van der Waals surface area contributed by atoms with Crippen LogP contribution in [0.4, 0.5) is 0 Å². The smallest absolute Gasteiger partial charge is 0.328 e. The van der Waals surface area contributed by atoms with Gasteiger partial charge in [0.2, 0.25) is 5.91 Å². The molecule has 0 aliphatic carbocycles. The molecule has 0 aliphatic heterocycles. The SMILES string of the molecule is C[C@@H](O)[C@H](NC(=O)[C@H](CCCN=C(N)N)NC(=O)c1ccc(O)cc1O)C(=O)O. The standard InChI is InChI=1S/C17H25N5O7/c1-8(23)13(16(28)29)22-15(27)11(3-2-6-20-17(18)19)21-14(26)10-5-4-9(24)7-12(10)25/h4-5,7-8,11,13,23-25H,2-3,6H2,1H3,(H,21,26)(H,22,27)(H,28,29)(H4,18,19,20)/t8-,11+,13+/m1/s1. The molecule has 0 fully saturated rings. The van der Waals surface area contributed by atoms with Gasteiger partial charge in [0.1, 0.15) is 17.5 Å². The summed E-state index contributed by atoms with van der Waals surface area (Å²) in [5.41, 5.74) is 10.3. The van der Waals surface area contributed by atoms with Crippen LogP contribution < -0.4 is 22.1 Å². The molecule has 1 rings (SSSR count). The number of carbonyl (C=O) groups is 3. The van der Waals surface area contributed by atoms with E-state index in [1.54, 1.807) is 0 Å². The largest absolute Gasteiger partial charge is 0.508 e. The number of nitrogens with two attached hydrogens (primary N) is 2. The van der Waals surface area contributed by atoms with Crippen LogP contribution in [-0.2, 0) is 9.59 Å². The zero-order valence-corrected chi connectivity index (χ0v) is 15.7. The van der Waals surface area contributed by atoms with Crippen LogP contribution in [0, 0.1) is 0 Å². The number of hydrogen-bond donors (Lipinski definition) is 8. The lowest BCUT2D eigenvalue weighted by Crippen LogP contribution is -2.54. The normalized spacial score (nSPS) is 13.6. The molecule has 0 aliphatic rings. The fourth-order valence-electron chi connectivity index (χ4n) is 2.36. The number of aliphatic imine (C=N–C) groups is 1. The van der Waals surface area contributed by atoms with Gasteiger partial charge in [0.15, 0.2) is 12.0 Å². The van der Waals surface area contributed by atoms with E-state index in [0.717, 1.165) is 12.1 Å². The Morgan fingerprint density at radius 2 is 1.83 bits per heavy atom. The number of guanidine groups is 1. The number of carbonyl (C=O) groups excluding carboxylic acids is 2. The van der Waals surface area contributed by atoms with E-state index in [1.807, 2.05) is 0 Å². The molecule has 12 nitrogen and oxygen atoms in total. The predicted molar refractivity (Wildman–Crippen MR) is 102 cm³/mol. The van der Waals surface area contributed by atoms with E-state index in [9.17, 15) is 29.7 Å². The molecule has 0 saturated heterocycles. The van der Waals surface area contributed by atoms with E-state index in [0.29, 0.717) is 0 Å². The first kappa shape index (κ1) is 23.5. The maximum Gasteiger partial charge on any atom is 0.328 e. The Balaban J connectivity index is 2.96. The van der Waals surface area contributed by atoms with Crippen LogP contribution in [0.5, 0.6) is 11.5 Å². The van der Waals surface area contributed by atoms with Crippen molar-refractivity contribution in [3.05, 3.63) is 23.8 Å². The molecule has 29 heavy (non-hydrogen) atoms. The Morgan fingerprint density at radius 1 is 1.17 bits per heavy atom. The number of aromatic hydroxyl groups is 2. The fraction of sp³-hybridized carbons (Fsp3) is 0.412. The van der Waals surface area contributed by atoms with Gasteiger partial charge in [0.25, 0.3) is 5.91 Å². The number of aliphatic carboxylic acids is 1. The Bertz CT molecular complexity index is 777. The first-order valence-electron chi connectivity index (χ1n) is 8.62. The first-order valence-corrected chi connectivity index (χ1v) is 8.62. The number of phenolic OH excluding ortho intramolecular Hbond substituents is 2. The summed E-state index contributed by atoms with van der Waals surface area (Å²) in [5.74, 6) is -4.04. The predicted octanol–water partition coefficient (Wildman–Crippen LogP) is -1.80. The maximum absolute atomic E-state index is 12.5. The van der Waals surface area contributed by atoms with Gasteiger partial charge in [0, 0.05) is 12.6 Å². The van der Waals surface area contributed by atoms with Crippen LogP contribution in [0.3, 0.4) is 0 Å². The highest BCUT2D eigenvalue weighted by atomic mass is 16.4. The molecule has 0 spiro atoms. The summed E-state index contributed by atoms with van der Waals surface area (Å²) >= 11 is 0. The number of carboxylic acids is 1. The van der Waals surface area contributed by atoms with E-state index in [2.05, 4.69) is 15.6 Å². The number of benzene rings is 1. The van der Waals surface area contributed by atoms with E-state index >= 15 is 0 Å². The van der Waals surface area contributed by atoms with Crippen molar-refractivity contribution in [2.24, 2.45) is 16.5 Å². The number of nitrogens with one attached hydrogen (secondary N) is 2. The highest BCUT2D eigenvalue weighted by Crippen LogP contribution is 2.22. The van der Waals surface area contributed by atoms with Crippen molar-refractivity contribution in [2.75, 3.05) is 6.54 Å². The molecular weight excluding hydrogens is 386 g/mol. The third kappa shape index (κ3) is 7.54. The van der Waals surface area contributed by atoms with Crippen LogP contribution in [0.25, 0.3) is 0 Å².